The molecule has 0 amide bonds. The molecule has 8 nitrogen and oxygen atoms in total. The number of ether oxygens (including phenoxy) is 4. The molecule has 1 aliphatic heterocycles. The Morgan fingerprint density at radius 2 is 1.77 bits per heavy atom. The summed E-state index contributed by atoms with van der Waals surface area (Å²) in [6.45, 7) is 6.18. The largest absolute Gasteiger partial charge is 0.503 e. The van der Waals surface area contributed by atoms with Crippen molar-refractivity contribution in [1.29, 1.82) is 0 Å². The number of aromatic hydroxyl groups is 1. The van der Waals surface area contributed by atoms with Crippen LogP contribution in [0.15, 0.2) is 57.3 Å². The normalized spacial score (nSPS) is 18.9. The fourth-order valence-electron chi connectivity index (χ4n) is 5.28. The maximum absolute atomic E-state index is 13.9. The highest BCUT2D eigenvalue weighted by Gasteiger charge is 2.42. The van der Waals surface area contributed by atoms with Crippen molar-refractivity contribution in [1.82, 2.24) is 5.32 Å². The molecule has 0 saturated heterocycles. The number of allylic oxidation sites excluding steroid dienone is 3. The van der Waals surface area contributed by atoms with Gasteiger partial charge in [-0.2, -0.15) is 0 Å². The number of nitrogens with one attached hydrogen (secondary N) is 1. The third-order valence-corrected chi connectivity index (χ3v) is 7.65. The van der Waals surface area contributed by atoms with Gasteiger partial charge < -0.3 is 29.4 Å². The smallest absolute Gasteiger partial charge is 0.336 e. The quantitative estimate of drug-likeness (QED) is 0.344. The number of esters is 1. The van der Waals surface area contributed by atoms with Crippen molar-refractivity contribution in [3.8, 4) is 23.0 Å². The highest BCUT2D eigenvalue weighted by Crippen LogP contribution is 2.48. The second-order valence-electron chi connectivity index (χ2n) is 9.55. The van der Waals surface area contributed by atoms with E-state index in [1.807, 2.05) is 39.0 Å². The number of rotatable bonds is 9. The van der Waals surface area contributed by atoms with Gasteiger partial charge in [0.05, 0.1) is 37.5 Å². The monoisotopic (exact) mass is 599 g/mol. The Morgan fingerprint density at radius 3 is 2.44 bits per heavy atom. The Labute approximate surface area is 237 Å². The molecule has 39 heavy (non-hydrogen) atoms. The van der Waals surface area contributed by atoms with E-state index in [1.54, 1.807) is 26.4 Å². The van der Waals surface area contributed by atoms with E-state index < -0.39 is 11.9 Å². The minimum Gasteiger partial charge on any atom is -0.503 e. The van der Waals surface area contributed by atoms with Crippen molar-refractivity contribution in [2.24, 2.45) is 0 Å². The summed E-state index contributed by atoms with van der Waals surface area (Å²) < 4.78 is 22.5. The number of phenolic OH excluding ortho intramolecular Hbond substituents is 1. The highest BCUT2D eigenvalue weighted by molar-refractivity contribution is 9.10. The van der Waals surface area contributed by atoms with E-state index in [1.165, 1.54) is 0 Å². The molecule has 9 heteroatoms. The predicted molar refractivity (Wildman–Crippen MR) is 150 cm³/mol. The average molecular weight is 601 g/mol. The molecule has 2 atom stereocenters. The number of benzene rings is 2. The molecule has 2 aromatic carbocycles. The highest BCUT2D eigenvalue weighted by atomic mass is 79.9. The van der Waals surface area contributed by atoms with Crippen LogP contribution in [0.1, 0.15) is 63.0 Å². The second-order valence-corrected chi connectivity index (χ2v) is 10.4. The van der Waals surface area contributed by atoms with Crippen molar-refractivity contribution in [2.45, 2.75) is 51.9 Å². The zero-order valence-corrected chi connectivity index (χ0v) is 24.4. The zero-order valence-electron chi connectivity index (χ0n) is 22.9. The SMILES string of the molecule is CCCOC(=O)C1=C(C)NC2=C(C(=O)CC(c3ccc(OC)c(OC)c3)C2)C1c1cc(Br)c(O)c(OCC)c1. The van der Waals surface area contributed by atoms with Gasteiger partial charge in [-0.1, -0.05) is 13.0 Å². The number of ketones is 1. The Hall–Kier alpha value is -3.46. The Morgan fingerprint density at radius 1 is 1.05 bits per heavy atom. The van der Waals surface area contributed by atoms with Crippen molar-refractivity contribution in [3.05, 3.63) is 68.5 Å². The summed E-state index contributed by atoms with van der Waals surface area (Å²) in [5.41, 5.74) is 3.91. The molecule has 0 aromatic heterocycles. The molecule has 0 bridgehead atoms. The molecule has 0 saturated carbocycles. The lowest BCUT2D eigenvalue weighted by molar-refractivity contribution is -0.139. The van der Waals surface area contributed by atoms with E-state index in [4.69, 9.17) is 18.9 Å². The Kier molecular flexibility index (Phi) is 8.90. The molecule has 0 spiro atoms. The van der Waals surface area contributed by atoms with E-state index in [2.05, 4.69) is 21.2 Å². The van der Waals surface area contributed by atoms with Gasteiger partial charge in [0, 0.05) is 29.3 Å². The molecule has 0 fully saturated rings. The van der Waals surface area contributed by atoms with Gasteiger partial charge in [0.1, 0.15) is 0 Å². The number of halogens is 1. The lowest BCUT2D eigenvalue weighted by atomic mass is 9.71. The molecular formula is C30H34BrNO7. The first-order valence-electron chi connectivity index (χ1n) is 13.0. The Bertz CT molecular complexity index is 1350. The fraction of sp³-hybridized carbons (Fsp3) is 0.400. The molecule has 208 valence electrons. The molecule has 4 rings (SSSR count). The van der Waals surface area contributed by atoms with Crippen molar-refractivity contribution >= 4 is 27.7 Å². The standard InChI is InChI=1S/C30H34BrNO7/c1-6-10-39-30(35)26-16(3)32-21-12-18(17-8-9-23(36-4)24(14-17)37-5)13-22(33)28(21)27(26)19-11-20(31)29(34)25(15-19)38-7-2/h8-9,11,14-15,18,27,32,34H,6-7,10,12-13H2,1-5H3. The van der Waals surface area contributed by atoms with Crippen LogP contribution in [0.5, 0.6) is 23.0 Å². The molecular weight excluding hydrogens is 566 g/mol. The van der Waals surface area contributed by atoms with Crippen LogP contribution in [0, 0.1) is 0 Å². The van der Waals surface area contributed by atoms with Crippen molar-refractivity contribution in [3.63, 3.8) is 0 Å². The molecule has 1 aliphatic carbocycles. The van der Waals surface area contributed by atoms with Gasteiger partial charge in [0.25, 0.3) is 0 Å². The number of hydrogen-bond donors (Lipinski definition) is 2. The molecule has 2 N–H and O–H groups in total. The third-order valence-electron chi connectivity index (χ3n) is 7.05. The molecule has 1 heterocycles. The first-order valence-corrected chi connectivity index (χ1v) is 13.8. The Balaban J connectivity index is 1.82. The molecule has 2 aromatic rings. The second kappa shape index (κ2) is 12.2. The van der Waals surface area contributed by atoms with Crippen molar-refractivity contribution < 1.29 is 33.6 Å². The maximum Gasteiger partial charge on any atom is 0.336 e. The van der Waals surface area contributed by atoms with Gasteiger partial charge in [-0.25, -0.2) is 4.79 Å². The summed E-state index contributed by atoms with van der Waals surface area (Å²) in [5, 5.41) is 13.9. The minimum atomic E-state index is -0.680. The van der Waals surface area contributed by atoms with Crippen molar-refractivity contribution in [2.75, 3.05) is 27.4 Å². The van der Waals surface area contributed by atoms with Gasteiger partial charge in [-0.3, -0.25) is 4.79 Å². The number of phenols is 1. The summed E-state index contributed by atoms with van der Waals surface area (Å²) in [6, 6.07) is 9.12. The topological polar surface area (TPSA) is 103 Å². The zero-order chi connectivity index (χ0) is 28.3. The van der Waals surface area contributed by atoms with Crippen LogP contribution in [0.2, 0.25) is 0 Å². The van der Waals surface area contributed by atoms with Crippen LogP contribution >= 0.6 is 15.9 Å². The summed E-state index contributed by atoms with van der Waals surface area (Å²) in [7, 11) is 3.17. The van der Waals surface area contributed by atoms with Crippen LogP contribution in [-0.2, 0) is 14.3 Å². The first kappa shape index (κ1) is 28.5. The summed E-state index contributed by atoms with van der Waals surface area (Å²) in [5.74, 6) is 0.148. The fourth-order valence-corrected chi connectivity index (χ4v) is 5.74. The van der Waals surface area contributed by atoms with Crippen LogP contribution in [-0.4, -0.2) is 44.3 Å². The van der Waals surface area contributed by atoms with Gasteiger partial charge in [-0.15, -0.1) is 0 Å². The maximum atomic E-state index is 13.9. The van der Waals surface area contributed by atoms with Gasteiger partial charge in [-0.05, 0) is 83.9 Å². The number of hydrogen-bond acceptors (Lipinski definition) is 8. The number of carbonyl (C=O) groups excluding carboxylic acids is 2. The average Bonchev–Trinajstić information content (AvgIpc) is 2.92. The summed E-state index contributed by atoms with van der Waals surface area (Å²) >= 11 is 3.42. The third kappa shape index (κ3) is 5.64. The van der Waals surface area contributed by atoms with E-state index in [0.717, 1.165) is 11.3 Å². The lowest BCUT2D eigenvalue weighted by Gasteiger charge is -2.37. The number of methoxy groups -OCH3 is 2. The number of dihydropyridines is 1. The van der Waals surface area contributed by atoms with Gasteiger partial charge in [0.2, 0.25) is 0 Å². The van der Waals surface area contributed by atoms with E-state index in [-0.39, 0.29) is 36.2 Å². The summed E-state index contributed by atoms with van der Waals surface area (Å²) in [4.78, 5) is 27.2. The van der Waals surface area contributed by atoms with E-state index in [0.29, 0.717) is 57.8 Å². The van der Waals surface area contributed by atoms with Crippen LogP contribution in [0.4, 0.5) is 0 Å². The van der Waals surface area contributed by atoms with Crippen LogP contribution in [0.25, 0.3) is 0 Å². The molecule has 0 radical (unpaired) electrons. The lowest BCUT2D eigenvalue weighted by Crippen LogP contribution is -2.36. The van der Waals surface area contributed by atoms with E-state index in [9.17, 15) is 14.7 Å². The molecule has 2 aliphatic rings. The first-order chi connectivity index (χ1) is 18.7. The number of Topliss-reactive ketones (excluding diaryl/α,β-unsaturated/α-hetero) is 1. The van der Waals surface area contributed by atoms with Crippen LogP contribution < -0.4 is 19.5 Å². The predicted octanol–water partition coefficient (Wildman–Crippen LogP) is 5.89. The van der Waals surface area contributed by atoms with Gasteiger partial charge >= 0.3 is 5.97 Å². The minimum absolute atomic E-state index is 0.0389. The molecule has 2 unspecified atom stereocenters. The van der Waals surface area contributed by atoms with Gasteiger partial charge in [0.15, 0.2) is 28.8 Å². The summed E-state index contributed by atoms with van der Waals surface area (Å²) in [6.07, 6.45) is 1.51. The van der Waals surface area contributed by atoms with E-state index >= 15 is 0 Å². The number of carbonyl (C=O) groups is 2. The van der Waals surface area contributed by atoms with Crippen LogP contribution in [0.3, 0.4) is 0 Å².